The van der Waals surface area contributed by atoms with Gasteiger partial charge in [-0.2, -0.15) is 0 Å². The van der Waals surface area contributed by atoms with Crippen LogP contribution in [0.5, 0.6) is 0 Å². The molecule has 2 aromatic heterocycles. The summed E-state index contributed by atoms with van der Waals surface area (Å²) in [5.74, 6) is 0.598. The molecule has 0 radical (unpaired) electrons. The van der Waals surface area contributed by atoms with Crippen molar-refractivity contribution < 1.29 is 4.42 Å². The lowest BCUT2D eigenvalue weighted by Gasteiger charge is -2.25. The standard InChI is InChI=1S/C63H42N4O/c1-5-15-43(16-6-1)45-25-29-47(30-26-45)55-41-58-59(42-56(55)48-31-27-46(28-32-48)44-17-7-2-8-18-44)65-62(61(64-58)49-19-9-3-10-20-49)50-33-37-53(38-34-50)67(52-21-11-4-12-22-52)54-39-35-51(36-40-54)63-66-57-23-13-14-24-60(57)68-63/h1-42H. The fourth-order valence-corrected chi connectivity index (χ4v) is 9.07. The van der Waals surface area contributed by atoms with Gasteiger partial charge in [0.15, 0.2) is 5.58 Å². The SMILES string of the molecule is c1ccc(-c2ccc(-c3cc4nc(-c5ccccc5)c(-c5ccc(N(c6ccccc6)c6ccc(-c7nc8ccccc8o7)cc6)cc5)nc4cc3-c3ccc(-c4ccccc4)cc3)cc2)cc1. The van der Waals surface area contributed by atoms with Crippen LogP contribution in [0.2, 0.25) is 0 Å². The lowest BCUT2D eigenvalue weighted by atomic mass is 9.91. The number of hydrogen-bond donors (Lipinski definition) is 0. The van der Waals surface area contributed by atoms with Gasteiger partial charge in [-0.05, 0) is 117 Å². The zero-order valence-corrected chi connectivity index (χ0v) is 36.9. The van der Waals surface area contributed by atoms with Crippen LogP contribution in [-0.4, -0.2) is 15.0 Å². The molecule has 0 bridgehead atoms. The van der Waals surface area contributed by atoms with Crippen LogP contribution in [0.3, 0.4) is 0 Å². The average Bonchev–Trinajstić information content (AvgIpc) is 3.87. The molecule has 10 aromatic carbocycles. The van der Waals surface area contributed by atoms with Crippen molar-refractivity contribution in [2.24, 2.45) is 0 Å². The van der Waals surface area contributed by atoms with Crippen molar-refractivity contribution in [3.8, 4) is 78.5 Å². The molecule has 0 aliphatic carbocycles. The highest BCUT2D eigenvalue weighted by Crippen LogP contribution is 2.41. The van der Waals surface area contributed by atoms with Crippen LogP contribution in [-0.2, 0) is 0 Å². The number of fused-ring (bicyclic) bond motifs is 2. The molecule has 0 saturated carbocycles. The maximum absolute atomic E-state index is 6.10. The Kier molecular flexibility index (Phi) is 10.5. The van der Waals surface area contributed by atoms with E-state index in [0.717, 1.165) is 89.5 Å². The number of rotatable bonds is 10. The molecule has 5 heteroatoms. The number of hydrogen-bond acceptors (Lipinski definition) is 5. The smallest absolute Gasteiger partial charge is 0.227 e. The Morgan fingerprint density at radius 3 is 1.10 bits per heavy atom. The van der Waals surface area contributed by atoms with Gasteiger partial charge < -0.3 is 9.32 Å². The van der Waals surface area contributed by atoms with Crippen molar-refractivity contribution in [1.29, 1.82) is 0 Å². The van der Waals surface area contributed by atoms with Crippen molar-refractivity contribution in [2.75, 3.05) is 4.90 Å². The molecule has 320 valence electrons. The van der Waals surface area contributed by atoms with Gasteiger partial charge in [0.2, 0.25) is 5.89 Å². The minimum absolute atomic E-state index is 0.598. The van der Waals surface area contributed by atoms with E-state index < -0.39 is 0 Å². The quantitative estimate of drug-likeness (QED) is 0.137. The number of para-hydroxylation sites is 3. The van der Waals surface area contributed by atoms with Crippen LogP contribution in [0.4, 0.5) is 17.1 Å². The minimum Gasteiger partial charge on any atom is -0.436 e. The van der Waals surface area contributed by atoms with Crippen LogP contribution in [0, 0.1) is 0 Å². The predicted molar refractivity (Wildman–Crippen MR) is 280 cm³/mol. The number of aromatic nitrogens is 3. The fraction of sp³-hybridized carbons (Fsp3) is 0. The van der Waals surface area contributed by atoms with E-state index in [9.17, 15) is 0 Å². The van der Waals surface area contributed by atoms with Gasteiger partial charge in [0.05, 0.1) is 22.4 Å². The van der Waals surface area contributed by atoms with Gasteiger partial charge >= 0.3 is 0 Å². The van der Waals surface area contributed by atoms with Gasteiger partial charge in [-0.1, -0.05) is 182 Å². The molecule has 0 spiro atoms. The van der Waals surface area contributed by atoms with E-state index in [1.54, 1.807) is 0 Å². The molecule has 0 atom stereocenters. The average molecular weight is 871 g/mol. The third-order valence-corrected chi connectivity index (χ3v) is 12.5. The first-order valence-corrected chi connectivity index (χ1v) is 22.8. The summed E-state index contributed by atoms with van der Waals surface area (Å²) in [6.45, 7) is 0. The maximum Gasteiger partial charge on any atom is 0.227 e. The highest BCUT2D eigenvalue weighted by atomic mass is 16.3. The molecule has 12 rings (SSSR count). The molecule has 0 unspecified atom stereocenters. The van der Waals surface area contributed by atoms with Gasteiger partial charge in [0.25, 0.3) is 0 Å². The van der Waals surface area contributed by atoms with Crippen molar-refractivity contribution in [3.63, 3.8) is 0 Å². The van der Waals surface area contributed by atoms with Crippen molar-refractivity contribution >= 4 is 39.2 Å². The van der Waals surface area contributed by atoms with Crippen LogP contribution < -0.4 is 4.90 Å². The Labute approximate surface area is 395 Å². The summed E-state index contributed by atoms with van der Waals surface area (Å²) in [5, 5.41) is 0. The highest BCUT2D eigenvalue weighted by Gasteiger charge is 2.19. The fourth-order valence-electron chi connectivity index (χ4n) is 9.07. The van der Waals surface area contributed by atoms with E-state index in [0.29, 0.717) is 5.89 Å². The summed E-state index contributed by atoms with van der Waals surface area (Å²) in [6.07, 6.45) is 0. The van der Waals surface area contributed by atoms with E-state index in [2.05, 4.69) is 223 Å². The Morgan fingerprint density at radius 1 is 0.265 bits per heavy atom. The molecular weight excluding hydrogens is 829 g/mol. The van der Waals surface area contributed by atoms with Crippen LogP contribution in [0.1, 0.15) is 0 Å². The minimum atomic E-state index is 0.598. The lowest BCUT2D eigenvalue weighted by molar-refractivity contribution is 0.620. The monoisotopic (exact) mass is 870 g/mol. The maximum atomic E-state index is 6.10. The summed E-state index contributed by atoms with van der Waals surface area (Å²) < 4.78 is 6.10. The Balaban J connectivity index is 0.962. The highest BCUT2D eigenvalue weighted by molar-refractivity contribution is 5.96. The van der Waals surface area contributed by atoms with Crippen LogP contribution in [0.25, 0.3) is 101 Å². The van der Waals surface area contributed by atoms with Gasteiger partial charge in [-0.15, -0.1) is 0 Å². The second kappa shape index (κ2) is 17.7. The normalized spacial score (nSPS) is 11.2. The first-order chi connectivity index (χ1) is 33.7. The molecule has 0 fully saturated rings. The first-order valence-electron chi connectivity index (χ1n) is 22.8. The van der Waals surface area contributed by atoms with Crippen molar-refractivity contribution in [2.45, 2.75) is 0 Å². The molecule has 0 amide bonds. The molecule has 68 heavy (non-hydrogen) atoms. The zero-order chi connectivity index (χ0) is 45.2. The van der Waals surface area contributed by atoms with Crippen LogP contribution >= 0.6 is 0 Å². The Morgan fingerprint density at radius 2 is 0.618 bits per heavy atom. The molecule has 0 saturated heterocycles. The van der Waals surface area contributed by atoms with Gasteiger partial charge in [0, 0.05) is 33.8 Å². The Hall–Kier alpha value is -9.19. The number of anilines is 3. The second-order valence-corrected chi connectivity index (χ2v) is 16.8. The third-order valence-electron chi connectivity index (χ3n) is 12.5. The van der Waals surface area contributed by atoms with E-state index in [1.807, 2.05) is 36.4 Å². The molecule has 0 N–H and O–H groups in total. The third kappa shape index (κ3) is 7.88. The summed E-state index contributed by atoms with van der Waals surface area (Å²) in [6, 6.07) is 88.9. The molecule has 0 aliphatic heterocycles. The van der Waals surface area contributed by atoms with E-state index in [1.165, 1.54) is 22.3 Å². The van der Waals surface area contributed by atoms with Crippen molar-refractivity contribution in [1.82, 2.24) is 15.0 Å². The zero-order valence-electron chi connectivity index (χ0n) is 36.9. The van der Waals surface area contributed by atoms with Gasteiger partial charge in [-0.3, -0.25) is 0 Å². The van der Waals surface area contributed by atoms with Crippen LogP contribution in [0.15, 0.2) is 259 Å². The summed E-state index contributed by atoms with van der Waals surface area (Å²) in [4.78, 5) is 18.0. The van der Waals surface area contributed by atoms with Gasteiger partial charge in [-0.25, -0.2) is 15.0 Å². The van der Waals surface area contributed by atoms with Crippen molar-refractivity contribution in [3.05, 3.63) is 255 Å². The molecular formula is C63H42N4O. The van der Waals surface area contributed by atoms with E-state index in [-0.39, 0.29) is 0 Å². The molecule has 12 aromatic rings. The lowest BCUT2D eigenvalue weighted by Crippen LogP contribution is -2.09. The number of oxazole rings is 1. The van der Waals surface area contributed by atoms with Gasteiger partial charge in [0.1, 0.15) is 5.52 Å². The topological polar surface area (TPSA) is 55.1 Å². The molecule has 2 heterocycles. The summed E-state index contributed by atoms with van der Waals surface area (Å²) in [7, 11) is 0. The largest absolute Gasteiger partial charge is 0.436 e. The number of nitrogens with zero attached hydrogens (tertiary/aromatic N) is 4. The molecule has 5 nitrogen and oxygen atoms in total. The van der Waals surface area contributed by atoms with E-state index in [4.69, 9.17) is 19.4 Å². The second-order valence-electron chi connectivity index (χ2n) is 16.8. The predicted octanol–water partition coefficient (Wildman–Crippen LogP) is 16.9. The van der Waals surface area contributed by atoms with E-state index >= 15 is 0 Å². The summed E-state index contributed by atoms with van der Waals surface area (Å²) >= 11 is 0. The Bertz CT molecular complexity index is 3640. The summed E-state index contributed by atoms with van der Waals surface area (Å²) in [5.41, 5.74) is 20.0. The molecule has 0 aliphatic rings. The number of benzene rings is 10. The first kappa shape index (κ1) is 40.3.